The van der Waals surface area contributed by atoms with Crippen LogP contribution in [0.25, 0.3) is 0 Å². The lowest BCUT2D eigenvalue weighted by Crippen LogP contribution is -2.23. The molecule has 0 fully saturated rings. The third-order valence-electron chi connectivity index (χ3n) is 3.41. The lowest BCUT2D eigenvalue weighted by molar-refractivity contribution is 0.520. The maximum atomic E-state index is 13.1. The van der Waals surface area contributed by atoms with Gasteiger partial charge in [0.05, 0.1) is 0 Å². The molecule has 0 radical (unpaired) electrons. The third kappa shape index (κ3) is 4.80. The first-order valence-electron chi connectivity index (χ1n) is 7.02. The van der Waals surface area contributed by atoms with E-state index in [1.165, 1.54) is 12.1 Å². The van der Waals surface area contributed by atoms with E-state index >= 15 is 0 Å². The van der Waals surface area contributed by atoms with Crippen LogP contribution in [0.2, 0.25) is 5.02 Å². The SMILES string of the molecule is CCC(NCCc1cc(F)cc(F)c1)c1ccc(Cl)cc1. The van der Waals surface area contributed by atoms with E-state index in [1.54, 1.807) is 0 Å². The highest BCUT2D eigenvalue weighted by Crippen LogP contribution is 2.19. The molecular weight excluding hydrogens is 292 g/mol. The van der Waals surface area contributed by atoms with Crippen molar-refractivity contribution in [1.29, 1.82) is 0 Å². The van der Waals surface area contributed by atoms with Crippen LogP contribution in [0.3, 0.4) is 0 Å². The van der Waals surface area contributed by atoms with Crippen LogP contribution in [-0.4, -0.2) is 6.54 Å². The minimum Gasteiger partial charge on any atom is -0.310 e. The zero-order valence-electron chi connectivity index (χ0n) is 11.9. The van der Waals surface area contributed by atoms with Crippen LogP contribution in [0.15, 0.2) is 42.5 Å². The van der Waals surface area contributed by atoms with Gasteiger partial charge in [-0.3, -0.25) is 0 Å². The largest absolute Gasteiger partial charge is 0.310 e. The Hall–Kier alpha value is -1.45. The molecule has 0 aromatic heterocycles. The van der Waals surface area contributed by atoms with E-state index in [0.29, 0.717) is 23.6 Å². The summed E-state index contributed by atoms with van der Waals surface area (Å²) in [5.41, 5.74) is 1.82. The summed E-state index contributed by atoms with van der Waals surface area (Å²) in [5.74, 6) is -1.07. The average Bonchev–Trinajstić information content (AvgIpc) is 2.44. The molecule has 0 bridgehead atoms. The maximum absolute atomic E-state index is 13.1. The van der Waals surface area contributed by atoms with Crippen molar-refractivity contribution in [1.82, 2.24) is 5.32 Å². The predicted molar refractivity (Wildman–Crippen MR) is 82.5 cm³/mol. The van der Waals surface area contributed by atoms with E-state index in [1.807, 2.05) is 24.3 Å². The summed E-state index contributed by atoms with van der Waals surface area (Å²) in [7, 11) is 0. The van der Waals surface area contributed by atoms with Gasteiger partial charge in [-0.1, -0.05) is 30.7 Å². The van der Waals surface area contributed by atoms with Crippen LogP contribution in [-0.2, 0) is 6.42 Å². The van der Waals surface area contributed by atoms with Crippen molar-refractivity contribution in [2.75, 3.05) is 6.54 Å². The molecule has 0 spiro atoms. The van der Waals surface area contributed by atoms with E-state index in [0.717, 1.165) is 18.1 Å². The fraction of sp³-hybridized carbons (Fsp3) is 0.294. The highest BCUT2D eigenvalue weighted by atomic mass is 35.5. The second-order valence-electron chi connectivity index (χ2n) is 4.99. The van der Waals surface area contributed by atoms with Gasteiger partial charge in [-0.15, -0.1) is 0 Å². The molecule has 0 amide bonds. The van der Waals surface area contributed by atoms with Gasteiger partial charge >= 0.3 is 0 Å². The summed E-state index contributed by atoms with van der Waals surface area (Å²) in [6.45, 7) is 2.75. The molecule has 1 nitrogen and oxygen atoms in total. The molecule has 1 unspecified atom stereocenters. The Kier molecular flexibility index (Phi) is 5.71. The van der Waals surface area contributed by atoms with Gasteiger partial charge in [-0.2, -0.15) is 0 Å². The van der Waals surface area contributed by atoms with Gasteiger partial charge in [0.1, 0.15) is 11.6 Å². The molecule has 0 heterocycles. The number of halogens is 3. The van der Waals surface area contributed by atoms with Crippen molar-refractivity contribution in [3.8, 4) is 0 Å². The molecule has 0 saturated heterocycles. The molecular formula is C17H18ClF2N. The van der Waals surface area contributed by atoms with Gasteiger partial charge in [0, 0.05) is 17.1 Å². The summed E-state index contributed by atoms with van der Waals surface area (Å²) in [5, 5.41) is 4.12. The summed E-state index contributed by atoms with van der Waals surface area (Å²) in [4.78, 5) is 0. The topological polar surface area (TPSA) is 12.0 Å². The predicted octanol–water partition coefficient (Wildman–Crippen LogP) is 4.90. The molecule has 0 aliphatic rings. The van der Waals surface area contributed by atoms with Crippen molar-refractivity contribution < 1.29 is 8.78 Å². The third-order valence-corrected chi connectivity index (χ3v) is 3.66. The molecule has 0 aliphatic carbocycles. The number of benzene rings is 2. The van der Waals surface area contributed by atoms with E-state index in [9.17, 15) is 8.78 Å². The summed E-state index contributed by atoms with van der Waals surface area (Å²) >= 11 is 5.88. The Labute approximate surface area is 128 Å². The monoisotopic (exact) mass is 309 g/mol. The second kappa shape index (κ2) is 7.53. The molecule has 2 aromatic carbocycles. The van der Waals surface area contributed by atoms with Crippen molar-refractivity contribution in [3.63, 3.8) is 0 Å². The Balaban J connectivity index is 1.92. The van der Waals surface area contributed by atoms with Crippen LogP contribution < -0.4 is 5.32 Å². The highest BCUT2D eigenvalue weighted by Gasteiger charge is 2.08. The first-order valence-corrected chi connectivity index (χ1v) is 7.40. The minimum atomic E-state index is -0.533. The molecule has 4 heteroatoms. The van der Waals surface area contributed by atoms with E-state index < -0.39 is 11.6 Å². The zero-order valence-corrected chi connectivity index (χ0v) is 12.6. The molecule has 2 aromatic rings. The summed E-state index contributed by atoms with van der Waals surface area (Å²) in [6.07, 6.45) is 1.51. The number of rotatable bonds is 6. The smallest absolute Gasteiger partial charge is 0.126 e. The number of hydrogen-bond donors (Lipinski definition) is 1. The lowest BCUT2D eigenvalue weighted by atomic mass is 10.0. The molecule has 2 rings (SSSR count). The van der Waals surface area contributed by atoms with Crippen LogP contribution >= 0.6 is 11.6 Å². The van der Waals surface area contributed by atoms with Gasteiger partial charge in [0.25, 0.3) is 0 Å². The van der Waals surface area contributed by atoms with Crippen molar-refractivity contribution in [3.05, 3.63) is 70.2 Å². The van der Waals surface area contributed by atoms with E-state index in [-0.39, 0.29) is 6.04 Å². The van der Waals surface area contributed by atoms with Crippen molar-refractivity contribution >= 4 is 11.6 Å². The zero-order chi connectivity index (χ0) is 15.2. The number of hydrogen-bond acceptors (Lipinski definition) is 1. The minimum absolute atomic E-state index is 0.209. The van der Waals surface area contributed by atoms with Crippen molar-refractivity contribution in [2.45, 2.75) is 25.8 Å². The average molecular weight is 310 g/mol. The van der Waals surface area contributed by atoms with Gasteiger partial charge in [-0.05, 0) is 54.8 Å². The lowest BCUT2D eigenvalue weighted by Gasteiger charge is -2.17. The van der Waals surface area contributed by atoms with Crippen molar-refractivity contribution in [2.24, 2.45) is 0 Å². The summed E-state index contributed by atoms with van der Waals surface area (Å²) < 4.78 is 26.2. The molecule has 1 atom stereocenters. The summed E-state index contributed by atoms with van der Waals surface area (Å²) in [6, 6.07) is 11.5. The Morgan fingerprint density at radius 1 is 1.05 bits per heavy atom. The molecule has 1 N–H and O–H groups in total. The first-order chi connectivity index (χ1) is 10.1. The Morgan fingerprint density at radius 2 is 1.67 bits per heavy atom. The second-order valence-corrected chi connectivity index (χ2v) is 5.43. The normalized spacial score (nSPS) is 12.4. The maximum Gasteiger partial charge on any atom is 0.126 e. The van der Waals surface area contributed by atoms with Gasteiger partial charge in [0.2, 0.25) is 0 Å². The van der Waals surface area contributed by atoms with Crippen LogP contribution in [0, 0.1) is 11.6 Å². The van der Waals surface area contributed by atoms with Crippen LogP contribution in [0.1, 0.15) is 30.5 Å². The highest BCUT2D eigenvalue weighted by molar-refractivity contribution is 6.30. The first kappa shape index (κ1) is 15.9. The van der Waals surface area contributed by atoms with Gasteiger partial charge in [-0.25, -0.2) is 8.78 Å². The fourth-order valence-electron chi connectivity index (χ4n) is 2.34. The van der Waals surface area contributed by atoms with Crippen LogP contribution in [0.4, 0.5) is 8.78 Å². The number of nitrogens with one attached hydrogen (secondary N) is 1. The van der Waals surface area contributed by atoms with Gasteiger partial charge in [0.15, 0.2) is 0 Å². The van der Waals surface area contributed by atoms with E-state index in [4.69, 9.17) is 11.6 Å². The fourth-order valence-corrected chi connectivity index (χ4v) is 2.46. The Morgan fingerprint density at radius 3 is 2.24 bits per heavy atom. The Bertz CT molecular complexity index is 564. The molecule has 0 saturated carbocycles. The quantitative estimate of drug-likeness (QED) is 0.800. The van der Waals surface area contributed by atoms with E-state index in [2.05, 4.69) is 12.2 Å². The molecule has 0 aliphatic heterocycles. The van der Waals surface area contributed by atoms with Crippen LogP contribution in [0.5, 0.6) is 0 Å². The standard InChI is InChI=1S/C17H18ClF2N/c1-2-17(13-3-5-14(18)6-4-13)21-8-7-12-9-15(19)11-16(20)10-12/h3-6,9-11,17,21H,2,7-8H2,1H3. The molecule has 21 heavy (non-hydrogen) atoms. The van der Waals surface area contributed by atoms with Gasteiger partial charge < -0.3 is 5.32 Å². The molecule has 112 valence electrons.